The third kappa shape index (κ3) is 4.25. The van der Waals surface area contributed by atoms with E-state index in [1.54, 1.807) is 0 Å². The first-order valence-corrected chi connectivity index (χ1v) is 8.97. The van der Waals surface area contributed by atoms with Gasteiger partial charge in [-0.15, -0.1) is 0 Å². The van der Waals surface area contributed by atoms with Gasteiger partial charge in [0.1, 0.15) is 0 Å². The monoisotopic (exact) mass is 326 g/mol. The van der Waals surface area contributed by atoms with E-state index in [1.807, 2.05) is 31.2 Å². The molecule has 3 rings (SSSR count). The molecule has 1 fully saturated rings. The number of carbonyl (C=O) groups excluding carboxylic acids is 2. The van der Waals surface area contributed by atoms with Crippen molar-refractivity contribution in [3.05, 3.63) is 41.5 Å². The van der Waals surface area contributed by atoms with Gasteiger partial charge in [-0.05, 0) is 57.1 Å². The minimum Gasteiger partial charge on any atom is -0.356 e. The number of hydrogen-bond donors (Lipinski definition) is 2. The zero-order valence-electron chi connectivity index (χ0n) is 14.3. The van der Waals surface area contributed by atoms with E-state index >= 15 is 0 Å². The van der Waals surface area contributed by atoms with Crippen LogP contribution in [0.15, 0.2) is 35.9 Å². The molecule has 1 saturated carbocycles. The van der Waals surface area contributed by atoms with Crippen molar-refractivity contribution in [1.82, 2.24) is 5.32 Å². The van der Waals surface area contributed by atoms with Gasteiger partial charge in [-0.25, -0.2) is 0 Å². The second-order valence-electron chi connectivity index (χ2n) is 6.90. The van der Waals surface area contributed by atoms with Gasteiger partial charge in [0.2, 0.25) is 11.8 Å². The summed E-state index contributed by atoms with van der Waals surface area (Å²) in [6, 6.07) is 7.70. The number of nitrogens with one attached hydrogen (secondary N) is 2. The van der Waals surface area contributed by atoms with E-state index in [-0.39, 0.29) is 23.7 Å². The van der Waals surface area contributed by atoms with Crippen molar-refractivity contribution < 1.29 is 9.59 Å². The quantitative estimate of drug-likeness (QED) is 0.785. The number of amides is 2. The Morgan fingerprint density at radius 3 is 2.67 bits per heavy atom. The number of anilines is 1. The third-order valence-electron chi connectivity index (χ3n) is 5.00. The van der Waals surface area contributed by atoms with E-state index in [9.17, 15) is 9.59 Å². The van der Waals surface area contributed by atoms with Gasteiger partial charge in [0, 0.05) is 12.2 Å². The SMILES string of the molecule is Cc1ccccc1NC(=O)C1CC1C(=O)NCCC1=CCCCC1. The van der Waals surface area contributed by atoms with Crippen molar-refractivity contribution in [2.24, 2.45) is 11.8 Å². The van der Waals surface area contributed by atoms with Crippen molar-refractivity contribution >= 4 is 17.5 Å². The Morgan fingerprint density at radius 1 is 1.12 bits per heavy atom. The summed E-state index contributed by atoms with van der Waals surface area (Å²) in [7, 11) is 0. The standard InChI is InChI=1S/C20H26N2O2/c1-14-7-5-6-10-18(14)22-20(24)17-13-16(17)19(23)21-12-11-15-8-3-2-4-9-15/h5-8,10,16-17H,2-4,9,11-13H2,1H3,(H,21,23)(H,22,24). The van der Waals surface area contributed by atoms with Gasteiger partial charge >= 0.3 is 0 Å². The van der Waals surface area contributed by atoms with Crippen LogP contribution in [0.25, 0.3) is 0 Å². The number of carbonyl (C=O) groups is 2. The first-order valence-electron chi connectivity index (χ1n) is 8.97. The molecule has 0 aromatic heterocycles. The van der Waals surface area contributed by atoms with Crippen LogP contribution in [0, 0.1) is 18.8 Å². The van der Waals surface area contributed by atoms with Crippen LogP contribution in [0.3, 0.4) is 0 Å². The minimum absolute atomic E-state index is 0.0244. The Balaban J connectivity index is 1.41. The fourth-order valence-electron chi connectivity index (χ4n) is 3.32. The fourth-order valence-corrected chi connectivity index (χ4v) is 3.32. The number of para-hydroxylation sites is 1. The van der Waals surface area contributed by atoms with E-state index in [0.29, 0.717) is 13.0 Å². The van der Waals surface area contributed by atoms with Crippen LogP contribution in [0.2, 0.25) is 0 Å². The first-order chi connectivity index (χ1) is 11.6. The lowest BCUT2D eigenvalue weighted by Crippen LogP contribution is -2.28. The molecule has 2 atom stereocenters. The largest absolute Gasteiger partial charge is 0.356 e. The lowest BCUT2D eigenvalue weighted by molar-refractivity contribution is -0.125. The average Bonchev–Trinajstić information content (AvgIpc) is 3.39. The predicted octanol–water partition coefficient (Wildman–Crippen LogP) is 3.58. The molecule has 4 heteroatoms. The first kappa shape index (κ1) is 16.7. The zero-order chi connectivity index (χ0) is 16.9. The van der Waals surface area contributed by atoms with E-state index in [0.717, 1.165) is 17.7 Å². The van der Waals surface area contributed by atoms with Crippen LogP contribution < -0.4 is 10.6 Å². The van der Waals surface area contributed by atoms with Crippen LogP contribution in [-0.2, 0) is 9.59 Å². The molecule has 24 heavy (non-hydrogen) atoms. The van der Waals surface area contributed by atoms with Gasteiger partial charge < -0.3 is 10.6 Å². The van der Waals surface area contributed by atoms with Crippen molar-refractivity contribution in [2.45, 2.75) is 45.4 Å². The van der Waals surface area contributed by atoms with Gasteiger partial charge in [0.25, 0.3) is 0 Å². The minimum atomic E-state index is -0.182. The third-order valence-corrected chi connectivity index (χ3v) is 5.00. The van der Waals surface area contributed by atoms with Crippen LogP contribution in [0.5, 0.6) is 0 Å². The summed E-state index contributed by atoms with van der Waals surface area (Å²) in [5.41, 5.74) is 3.33. The fraction of sp³-hybridized carbons (Fsp3) is 0.500. The molecule has 2 unspecified atom stereocenters. The maximum Gasteiger partial charge on any atom is 0.228 e. The highest BCUT2D eigenvalue weighted by molar-refractivity contribution is 5.99. The summed E-state index contributed by atoms with van der Waals surface area (Å²) >= 11 is 0. The summed E-state index contributed by atoms with van der Waals surface area (Å²) in [6.45, 7) is 2.65. The second-order valence-corrected chi connectivity index (χ2v) is 6.90. The zero-order valence-corrected chi connectivity index (χ0v) is 14.3. The molecular formula is C20H26N2O2. The molecule has 2 aliphatic rings. The maximum absolute atomic E-state index is 12.3. The lowest BCUT2D eigenvalue weighted by Gasteiger charge is -2.13. The molecule has 0 radical (unpaired) electrons. The highest BCUT2D eigenvalue weighted by Gasteiger charge is 2.47. The second kappa shape index (κ2) is 7.65. The summed E-state index contributed by atoms with van der Waals surface area (Å²) < 4.78 is 0. The van der Waals surface area contributed by atoms with Gasteiger partial charge in [0.15, 0.2) is 0 Å². The Kier molecular flexibility index (Phi) is 5.34. The molecule has 0 spiro atoms. The smallest absolute Gasteiger partial charge is 0.228 e. The number of benzene rings is 1. The Bertz CT molecular complexity index is 651. The number of aryl methyl sites for hydroxylation is 1. The number of hydrogen-bond acceptors (Lipinski definition) is 2. The van der Waals surface area contributed by atoms with E-state index in [1.165, 1.54) is 31.3 Å². The lowest BCUT2D eigenvalue weighted by atomic mass is 9.97. The summed E-state index contributed by atoms with van der Waals surface area (Å²) in [5, 5.41) is 5.93. The van der Waals surface area contributed by atoms with Gasteiger partial charge in [-0.1, -0.05) is 29.8 Å². The molecule has 0 saturated heterocycles. The molecule has 4 nitrogen and oxygen atoms in total. The molecule has 2 amide bonds. The molecular weight excluding hydrogens is 300 g/mol. The molecule has 2 aliphatic carbocycles. The van der Waals surface area contributed by atoms with Crippen LogP contribution in [0.1, 0.15) is 44.1 Å². The van der Waals surface area contributed by atoms with Gasteiger partial charge in [-0.3, -0.25) is 9.59 Å². The van der Waals surface area contributed by atoms with Crippen molar-refractivity contribution in [3.8, 4) is 0 Å². The van der Waals surface area contributed by atoms with Gasteiger partial charge in [0.05, 0.1) is 11.8 Å². The Hall–Kier alpha value is -2.10. The van der Waals surface area contributed by atoms with Crippen LogP contribution in [0.4, 0.5) is 5.69 Å². The number of allylic oxidation sites excluding steroid dienone is 1. The maximum atomic E-state index is 12.3. The molecule has 128 valence electrons. The summed E-state index contributed by atoms with van der Waals surface area (Å²) in [4.78, 5) is 24.4. The molecule has 1 aromatic rings. The topological polar surface area (TPSA) is 58.2 Å². The Morgan fingerprint density at radius 2 is 1.92 bits per heavy atom. The Labute approximate surface area is 143 Å². The van der Waals surface area contributed by atoms with Crippen LogP contribution in [-0.4, -0.2) is 18.4 Å². The molecule has 0 aliphatic heterocycles. The normalized spacial score (nSPS) is 22.5. The van der Waals surface area contributed by atoms with E-state index in [2.05, 4.69) is 16.7 Å². The van der Waals surface area contributed by atoms with E-state index in [4.69, 9.17) is 0 Å². The van der Waals surface area contributed by atoms with Crippen molar-refractivity contribution in [2.75, 3.05) is 11.9 Å². The summed E-state index contributed by atoms with van der Waals surface area (Å²) in [5.74, 6) is -0.358. The highest BCUT2D eigenvalue weighted by Crippen LogP contribution is 2.39. The molecule has 1 aromatic carbocycles. The predicted molar refractivity (Wildman–Crippen MR) is 95.6 cm³/mol. The summed E-state index contributed by atoms with van der Waals surface area (Å²) in [6.07, 6.45) is 8.81. The van der Waals surface area contributed by atoms with Crippen LogP contribution >= 0.6 is 0 Å². The molecule has 0 bridgehead atoms. The average molecular weight is 326 g/mol. The highest BCUT2D eigenvalue weighted by atomic mass is 16.2. The van der Waals surface area contributed by atoms with E-state index < -0.39 is 0 Å². The molecule has 2 N–H and O–H groups in total. The van der Waals surface area contributed by atoms with Crippen molar-refractivity contribution in [3.63, 3.8) is 0 Å². The van der Waals surface area contributed by atoms with Gasteiger partial charge in [-0.2, -0.15) is 0 Å². The number of rotatable bonds is 6. The van der Waals surface area contributed by atoms with Crippen molar-refractivity contribution in [1.29, 1.82) is 0 Å². The molecule has 0 heterocycles.